The van der Waals surface area contributed by atoms with Crippen molar-refractivity contribution in [3.63, 3.8) is 0 Å². The molecule has 0 amide bonds. The van der Waals surface area contributed by atoms with Crippen LogP contribution >= 0.6 is 0 Å². The number of hydrogen-bond acceptors (Lipinski definition) is 3. The van der Waals surface area contributed by atoms with Gasteiger partial charge < -0.3 is 14.8 Å². The van der Waals surface area contributed by atoms with E-state index in [2.05, 4.69) is 5.32 Å². The molecule has 0 saturated heterocycles. The van der Waals surface area contributed by atoms with Gasteiger partial charge in [-0.05, 0) is 30.8 Å². The van der Waals surface area contributed by atoms with E-state index < -0.39 is 17.7 Å². The molecule has 0 fully saturated rings. The van der Waals surface area contributed by atoms with Gasteiger partial charge in [0.1, 0.15) is 11.6 Å². The second-order valence-corrected chi connectivity index (χ2v) is 4.51. The molecule has 1 N–H and O–H groups in total. The molecule has 0 aliphatic carbocycles. The summed E-state index contributed by atoms with van der Waals surface area (Å²) >= 11 is 0. The summed E-state index contributed by atoms with van der Waals surface area (Å²) in [6, 6.07) is 8.41. The first kappa shape index (κ1) is 15.3. The summed E-state index contributed by atoms with van der Waals surface area (Å²) in [6.07, 6.45) is 0. The van der Waals surface area contributed by atoms with E-state index >= 15 is 0 Å². The number of rotatable bonds is 5. The third kappa shape index (κ3) is 3.13. The van der Waals surface area contributed by atoms with Gasteiger partial charge in [-0.1, -0.05) is 12.1 Å². The highest BCUT2D eigenvalue weighted by atomic mass is 19.1. The van der Waals surface area contributed by atoms with Crippen LogP contribution in [0, 0.1) is 11.6 Å². The Morgan fingerprint density at radius 2 is 1.67 bits per heavy atom. The van der Waals surface area contributed by atoms with Gasteiger partial charge in [-0.15, -0.1) is 0 Å². The van der Waals surface area contributed by atoms with Gasteiger partial charge in [0.2, 0.25) is 0 Å². The summed E-state index contributed by atoms with van der Waals surface area (Å²) in [5.74, 6) is -0.143. The molecule has 3 nitrogen and oxygen atoms in total. The van der Waals surface area contributed by atoms with Crippen LogP contribution in [0.15, 0.2) is 36.4 Å². The molecule has 0 aliphatic heterocycles. The topological polar surface area (TPSA) is 30.5 Å². The van der Waals surface area contributed by atoms with Crippen molar-refractivity contribution >= 4 is 0 Å². The molecule has 0 heterocycles. The molecule has 21 heavy (non-hydrogen) atoms. The molecule has 2 aromatic rings. The van der Waals surface area contributed by atoms with Crippen molar-refractivity contribution in [3.05, 3.63) is 59.2 Å². The molecule has 0 spiro atoms. The molecular formula is C16H17F2NO2. The van der Waals surface area contributed by atoms with Gasteiger partial charge in [0.25, 0.3) is 0 Å². The Labute approximate surface area is 122 Å². The number of halogens is 2. The Hall–Kier alpha value is -2.14. The van der Waals surface area contributed by atoms with Crippen LogP contribution in [0.4, 0.5) is 8.78 Å². The van der Waals surface area contributed by atoms with E-state index in [0.717, 1.165) is 11.6 Å². The largest absolute Gasteiger partial charge is 0.493 e. The first-order chi connectivity index (χ1) is 10.1. The van der Waals surface area contributed by atoms with Crippen molar-refractivity contribution in [2.24, 2.45) is 0 Å². The maximum atomic E-state index is 13.4. The summed E-state index contributed by atoms with van der Waals surface area (Å²) < 4.78 is 37.5. The first-order valence-corrected chi connectivity index (χ1v) is 6.44. The monoisotopic (exact) mass is 293 g/mol. The van der Waals surface area contributed by atoms with Gasteiger partial charge in [0, 0.05) is 11.6 Å². The summed E-state index contributed by atoms with van der Waals surface area (Å²) in [5, 5.41) is 3.05. The van der Waals surface area contributed by atoms with Crippen LogP contribution in [0.2, 0.25) is 0 Å². The minimum absolute atomic E-state index is 0.416. The normalized spacial score (nSPS) is 12.0. The van der Waals surface area contributed by atoms with Crippen LogP contribution in [-0.4, -0.2) is 21.3 Å². The Kier molecular flexibility index (Phi) is 4.75. The molecular weight excluding hydrogens is 276 g/mol. The fourth-order valence-corrected chi connectivity index (χ4v) is 2.38. The molecule has 2 rings (SSSR count). The fraction of sp³-hybridized carbons (Fsp3) is 0.250. The van der Waals surface area contributed by atoms with Crippen LogP contribution in [0.3, 0.4) is 0 Å². The van der Waals surface area contributed by atoms with Crippen molar-refractivity contribution < 1.29 is 18.3 Å². The van der Waals surface area contributed by atoms with Crippen molar-refractivity contribution in [3.8, 4) is 11.5 Å². The third-order valence-electron chi connectivity index (χ3n) is 3.25. The predicted molar refractivity (Wildman–Crippen MR) is 76.8 cm³/mol. The minimum Gasteiger partial charge on any atom is -0.493 e. The molecule has 0 aliphatic rings. The van der Waals surface area contributed by atoms with Crippen molar-refractivity contribution in [2.75, 3.05) is 21.3 Å². The smallest absolute Gasteiger partial charge is 0.165 e. The van der Waals surface area contributed by atoms with Gasteiger partial charge in [0.05, 0.1) is 20.3 Å². The summed E-state index contributed by atoms with van der Waals surface area (Å²) in [4.78, 5) is 0. The second-order valence-electron chi connectivity index (χ2n) is 4.51. The number of methoxy groups -OCH3 is 2. The predicted octanol–water partition coefficient (Wildman–Crippen LogP) is 3.29. The van der Waals surface area contributed by atoms with Gasteiger partial charge in [-0.3, -0.25) is 0 Å². The molecule has 0 saturated carbocycles. The maximum Gasteiger partial charge on any atom is 0.165 e. The van der Waals surface area contributed by atoms with E-state index in [1.54, 1.807) is 19.2 Å². The molecule has 0 radical (unpaired) electrons. The van der Waals surface area contributed by atoms with Crippen LogP contribution in [0.5, 0.6) is 11.5 Å². The highest BCUT2D eigenvalue weighted by Crippen LogP contribution is 2.37. The van der Waals surface area contributed by atoms with Crippen molar-refractivity contribution in [1.29, 1.82) is 0 Å². The third-order valence-corrected chi connectivity index (χ3v) is 3.25. The lowest BCUT2D eigenvalue weighted by Crippen LogP contribution is -2.19. The van der Waals surface area contributed by atoms with E-state index in [1.165, 1.54) is 26.4 Å². The number of hydrogen-bond donors (Lipinski definition) is 1. The Balaban J connectivity index is 2.56. The summed E-state index contributed by atoms with van der Waals surface area (Å²) in [5.41, 5.74) is 1.21. The van der Waals surface area contributed by atoms with Crippen molar-refractivity contribution in [2.45, 2.75) is 6.04 Å². The van der Waals surface area contributed by atoms with Gasteiger partial charge >= 0.3 is 0 Å². The zero-order chi connectivity index (χ0) is 15.4. The standard InChI is InChI=1S/C16H17F2NO2/c1-19-15(10-7-11(17)9-12(18)8-10)13-5-4-6-14(20-2)16(13)21-3/h4-9,15,19H,1-3H3. The summed E-state index contributed by atoms with van der Waals surface area (Å²) in [6.45, 7) is 0. The number of nitrogens with one attached hydrogen (secondary N) is 1. The van der Waals surface area contributed by atoms with E-state index in [0.29, 0.717) is 17.1 Å². The molecule has 2 aromatic carbocycles. The van der Waals surface area contributed by atoms with E-state index in [4.69, 9.17) is 9.47 Å². The van der Waals surface area contributed by atoms with Gasteiger partial charge in [-0.2, -0.15) is 0 Å². The van der Waals surface area contributed by atoms with Crippen LogP contribution in [0.25, 0.3) is 0 Å². The SMILES string of the molecule is CNC(c1cc(F)cc(F)c1)c1cccc(OC)c1OC. The highest BCUT2D eigenvalue weighted by molar-refractivity contribution is 5.50. The molecule has 0 aromatic heterocycles. The second kappa shape index (κ2) is 6.54. The van der Waals surface area contributed by atoms with Crippen LogP contribution in [0.1, 0.15) is 17.2 Å². The number of benzene rings is 2. The molecule has 5 heteroatoms. The molecule has 112 valence electrons. The van der Waals surface area contributed by atoms with E-state index in [1.807, 2.05) is 6.07 Å². The van der Waals surface area contributed by atoms with E-state index in [9.17, 15) is 8.78 Å². The lowest BCUT2D eigenvalue weighted by molar-refractivity contribution is 0.349. The highest BCUT2D eigenvalue weighted by Gasteiger charge is 2.20. The number of ether oxygens (including phenoxy) is 2. The van der Waals surface area contributed by atoms with Gasteiger partial charge in [-0.25, -0.2) is 8.78 Å². The molecule has 1 atom stereocenters. The van der Waals surface area contributed by atoms with E-state index in [-0.39, 0.29) is 0 Å². The maximum absolute atomic E-state index is 13.4. The van der Waals surface area contributed by atoms with Crippen LogP contribution in [-0.2, 0) is 0 Å². The quantitative estimate of drug-likeness (QED) is 0.917. The lowest BCUT2D eigenvalue weighted by atomic mass is 9.97. The minimum atomic E-state index is -0.618. The van der Waals surface area contributed by atoms with Crippen LogP contribution < -0.4 is 14.8 Å². The zero-order valence-electron chi connectivity index (χ0n) is 12.1. The first-order valence-electron chi connectivity index (χ1n) is 6.44. The lowest BCUT2D eigenvalue weighted by Gasteiger charge is -2.21. The zero-order valence-corrected chi connectivity index (χ0v) is 12.1. The molecule has 1 unspecified atom stereocenters. The summed E-state index contributed by atoms with van der Waals surface area (Å²) in [7, 11) is 4.78. The van der Waals surface area contributed by atoms with Crippen molar-refractivity contribution in [1.82, 2.24) is 5.32 Å². The number of para-hydroxylation sites is 1. The van der Waals surface area contributed by atoms with Gasteiger partial charge in [0.15, 0.2) is 11.5 Å². The average Bonchev–Trinajstić information content (AvgIpc) is 2.46. The fourth-order valence-electron chi connectivity index (χ4n) is 2.38. The Bertz CT molecular complexity index is 611. The average molecular weight is 293 g/mol. The Morgan fingerprint density at radius 3 is 2.19 bits per heavy atom. The Morgan fingerprint density at radius 1 is 1.00 bits per heavy atom. The molecule has 0 bridgehead atoms.